The van der Waals surface area contributed by atoms with Gasteiger partial charge < -0.3 is 5.32 Å². The second-order valence-corrected chi connectivity index (χ2v) is 3.87. The van der Waals surface area contributed by atoms with Crippen molar-refractivity contribution in [2.24, 2.45) is 0 Å². The highest BCUT2D eigenvalue weighted by molar-refractivity contribution is 9.10. The van der Waals surface area contributed by atoms with Crippen LogP contribution >= 0.6 is 27.5 Å². The molecule has 0 radical (unpaired) electrons. The normalized spacial score (nSPS) is 10.7. The molecular formula is C10H11BrClN. The molecule has 0 fully saturated rings. The van der Waals surface area contributed by atoms with Crippen molar-refractivity contribution in [2.75, 3.05) is 11.9 Å². The summed E-state index contributed by atoms with van der Waals surface area (Å²) in [5.41, 5.74) is 3.87. The standard InChI is InChI=1S/C10H11BrClN/c1-8-7-9(11)3-4-10(8)13-6-2-5-12/h2-5,7,13H,6H2,1H3/b5-2+. The van der Waals surface area contributed by atoms with Gasteiger partial charge in [-0.25, -0.2) is 0 Å². The summed E-state index contributed by atoms with van der Waals surface area (Å²) >= 11 is 8.82. The highest BCUT2D eigenvalue weighted by Crippen LogP contribution is 2.19. The van der Waals surface area contributed by atoms with E-state index in [1.807, 2.05) is 18.2 Å². The van der Waals surface area contributed by atoms with E-state index in [0.717, 1.165) is 16.7 Å². The lowest BCUT2D eigenvalue weighted by Gasteiger charge is -2.07. The molecule has 0 saturated carbocycles. The minimum atomic E-state index is 0.756. The van der Waals surface area contributed by atoms with E-state index in [1.54, 1.807) is 0 Å². The topological polar surface area (TPSA) is 12.0 Å². The Kier molecular flexibility index (Phi) is 4.33. The maximum atomic E-state index is 5.40. The molecule has 1 N–H and O–H groups in total. The summed E-state index contributed by atoms with van der Waals surface area (Å²) in [5.74, 6) is 0. The minimum Gasteiger partial charge on any atom is -0.381 e. The van der Waals surface area contributed by atoms with Gasteiger partial charge in [0.05, 0.1) is 0 Å². The molecule has 1 aromatic carbocycles. The van der Waals surface area contributed by atoms with E-state index in [9.17, 15) is 0 Å². The van der Waals surface area contributed by atoms with Gasteiger partial charge in [0, 0.05) is 22.2 Å². The van der Waals surface area contributed by atoms with E-state index in [-0.39, 0.29) is 0 Å². The van der Waals surface area contributed by atoms with Gasteiger partial charge >= 0.3 is 0 Å². The third kappa shape index (κ3) is 3.41. The van der Waals surface area contributed by atoms with Crippen molar-refractivity contribution in [3.63, 3.8) is 0 Å². The van der Waals surface area contributed by atoms with Crippen molar-refractivity contribution < 1.29 is 0 Å². The molecule has 13 heavy (non-hydrogen) atoms. The van der Waals surface area contributed by atoms with Gasteiger partial charge in [0.2, 0.25) is 0 Å². The molecule has 0 aliphatic heterocycles. The minimum absolute atomic E-state index is 0.756. The van der Waals surface area contributed by atoms with Crippen LogP contribution in [0.15, 0.2) is 34.3 Å². The van der Waals surface area contributed by atoms with Gasteiger partial charge in [-0.1, -0.05) is 33.6 Å². The highest BCUT2D eigenvalue weighted by atomic mass is 79.9. The Hall–Kier alpha value is -0.470. The lowest BCUT2D eigenvalue weighted by molar-refractivity contribution is 1.30. The lowest BCUT2D eigenvalue weighted by Crippen LogP contribution is -1.99. The third-order valence-corrected chi connectivity index (χ3v) is 2.36. The predicted octanol–water partition coefficient (Wildman–Crippen LogP) is 3.92. The molecular weight excluding hydrogens is 249 g/mol. The van der Waals surface area contributed by atoms with Gasteiger partial charge in [-0.2, -0.15) is 0 Å². The molecule has 0 bridgehead atoms. The molecule has 0 atom stereocenters. The summed E-state index contributed by atoms with van der Waals surface area (Å²) in [6.07, 6.45) is 1.86. The Labute approximate surface area is 91.9 Å². The molecule has 1 rings (SSSR count). The van der Waals surface area contributed by atoms with Crippen LogP contribution < -0.4 is 5.32 Å². The van der Waals surface area contributed by atoms with E-state index in [2.05, 4.69) is 34.2 Å². The summed E-state index contributed by atoms with van der Waals surface area (Å²) < 4.78 is 1.10. The van der Waals surface area contributed by atoms with E-state index in [4.69, 9.17) is 11.6 Å². The van der Waals surface area contributed by atoms with Crippen LogP contribution in [0.25, 0.3) is 0 Å². The SMILES string of the molecule is Cc1cc(Br)ccc1NC/C=C/Cl. The first-order valence-corrected chi connectivity index (χ1v) is 5.22. The largest absolute Gasteiger partial charge is 0.381 e. The van der Waals surface area contributed by atoms with Crippen LogP contribution in [-0.2, 0) is 0 Å². The first kappa shape index (κ1) is 10.6. The van der Waals surface area contributed by atoms with Crippen LogP contribution in [0.4, 0.5) is 5.69 Å². The molecule has 0 heterocycles. The molecule has 0 aliphatic rings. The third-order valence-electron chi connectivity index (χ3n) is 1.69. The summed E-state index contributed by atoms with van der Waals surface area (Å²) in [7, 11) is 0. The molecule has 1 nitrogen and oxygen atoms in total. The van der Waals surface area contributed by atoms with E-state index < -0.39 is 0 Å². The first-order chi connectivity index (χ1) is 6.24. The van der Waals surface area contributed by atoms with Crippen LogP contribution in [0, 0.1) is 6.92 Å². The Balaban J connectivity index is 2.66. The van der Waals surface area contributed by atoms with Gasteiger partial charge in [0.25, 0.3) is 0 Å². The lowest BCUT2D eigenvalue weighted by atomic mass is 10.2. The first-order valence-electron chi connectivity index (χ1n) is 3.99. The maximum Gasteiger partial charge on any atom is 0.0373 e. The zero-order valence-corrected chi connectivity index (χ0v) is 9.69. The number of hydrogen-bond acceptors (Lipinski definition) is 1. The molecule has 0 saturated heterocycles. The quantitative estimate of drug-likeness (QED) is 0.868. The van der Waals surface area contributed by atoms with E-state index in [1.165, 1.54) is 11.1 Å². The zero-order valence-electron chi connectivity index (χ0n) is 7.35. The van der Waals surface area contributed by atoms with Crippen LogP contribution in [0.2, 0.25) is 0 Å². The predicted molar refractivity (Wildman–Crippen MR) is 62.4 cm³/mol. The Bertz CT molecular complexity index is 310. The van der Waals surface area contributed by atoms with Crippen molar-refractivity contribution in [1.82, 2.24) is 0 Å². The average molecular weight is 261 g/mol. The van der Waals surface area contributed by atoms with Crippen LogP contribution in [0.1, 0.15) is 5.56 Å². The number of anilines is 1. The second kappa shape index (κ2) is 5.30. The monoisotopic (exact) mass is 259 g/mol. The zero-order chi connectivity index (χ0) is 9.68. The van der Waals surface area contributed by atoms with Gasteiger partial charge in [-0.15, -0.1) is 0 Å². The molecule has 0 aromatic heterocycles. The Morgan fingerprint density at radius 1 is 1.54 bits per heavy atom. The molecule has 0 unspecified atom stereocenters. The van der Waals surface area contributed by atoms with Crippen molar-refractivity contribution in [3.8, 4) is 0 Å². The summed E-state index contributed by atoms with van der Waals surface area (Å²) in [6.45, 7) is 2.82. The van der Waals surface area contributed by atoms with Crippen molar-refractivity contribution >= 4 is 33.2 Å². The van der Waals surface area contributed by atoms with Gasteiger partial charge in [0.1, 0.15) is 0 Å². The van der Waals surface area contributed by atoms with E-state index >= 15 is 0 Å². The number of hydrogen-bond donors (Lipinski definition) is 1. The Morgan fingerprint density at radius 3 is 2.92 bits per heavy atom. The molecule has 0 spiro atoms. The van der Waals surface area contributed by atoms with E-state index in [0.29, 0.717) is 0 Å². The molecule has 1 aromatic rings. The maximum absolute atomic E-state index is 5.40. The van der Waals surface area contributed by atoms with Gasteiger partial charge in [-0.05, 0) is 30.7 Å². The van der Waals surface area contributed by atoms with Crippen molar-refractivity contribution in [1.29, 1.82) is 0 Å². The number of aryl methyl sites for hydroxylation is 1. The molecule has 70 valence electrons. The molecule has 3 heteroatoms. The smallest absolute Gasteiger partial charge is 0.0373 e. The second-order valence-electron chi connectivity index (χ2n) is 2.70. The highest BCUT2D eigenvalue weighted by Gasteiger charge is 1.95. The fraction of sp³-hybridized carbons (Fsp3) is 0.200. The summed E-state index contributed by atoms with van der Waals surface area (Å²) in [6, 6.07) is 6.13. The van der Waals surface area contributed by atoms with Crippen molar-refractivity contribution in [3.05, 3.63) is 39.8 Å². The average Bonchev–Trinajstić information content (AvgIpc) is 2.09. The van der Waals surface area contributed by atoms with Crippen LogP contribution in [0.5, 0.6) is 0 Å². The fourth-order valence-corrected chi connectivity index (χ4v) is 1.60. The summed E-state index contributed by atoms with van der Waals surface area (Å²) in [4.78, 5) is 0. The molecule has 0 aliphatic carbocycles. The molecule has 0 amide bonds. The Morgan fingerprint density at radius 2 is 2.31 bits per heavy atom. The number of benzene rings is 1. The number of nitrogens with one attached hydrogen (secondary N) is 1. The summed E-state index contributed by atoms with van der Waals surface area (Å²) in [5, 5.41) is 3.25. The number of halogens is 2. The van der Waals surface area contributed by atoms with Crippen LogP contribution in [0.3, 0.4) is 0 Å². The van der Waals surface area contributed by atoms with Gasteiger partial charge in [-0.3, -0.25) is 0 Å². The van der Waals surface area contributed by atoms with Crippen LogP contribution in [-0.4, -0.2) is 6.54 Å². The number of rotatable bonds is 3. The van der Waals surface area contributed by atoms with Crippen molar-refractivity contribution in [2.45, 2.75) is 6.92 Å². The fourth-order valence-electron chi connectivity index (χ4n) is 1.04. The van der Waals surface area contributed by atoms with Gasteiger partial charge in [0.15, 0.2) is 0 Å².